The molecule has 7 heteroatoms. The smallest absolute Gasteiger partial charge is 0.876 e. The Hall–Kier alpha value is -1.18. The molecule has 0 unspecified atom stereocenters. The van der Waals surface area contributed by atoms with Gasteiger partial charge in [-0.3, -0.25) is 14.4 Å². The summed E-state index contributed by atoms with van der Waals surface area (Å²) in [6.07, 6.45) is 3.17. The molecule has 0 N–H and O–H groups in total. The van der Waals surface area contributed by atoms with Crippen LogP contribution in [0.5, 0.6) is 0 Å². The van der Waals surface area contributed by atoms with Gasteiger partial charge in [-0.2, -0.15) is 0 Å². The first kappa shape index (κ1) is 28.9. The second kappa shape index (κ2) is 17.9. The maximum absolute atomic E-state index is 9.98. The van der Waals surface area contributed by atoms with Crippen LogP contribution in [0.3, 0.4) is 0 Å². The van der Waals surface area contributed by atoms with Crippen molar-refractivity contribution in [3.05, 3.63) is 35.5 Å². The van der Waals surface area contributed by atoms with E-state index in [0.717, 1.165) is 18.2 Å². The largest absolute Gasteiger partial charge is 3.00 e. The summed E-state index contributed by atoms with van der Waals surface area (Å²) in [5, 5.41) is 29.9. The summed E-state index contributed by atoms with van der Waals surface area (Å²) in [4.78, 5) is 29.9. The number of rotatable bonds is 3. The summed E-state index contributed by atoms with van der Waals surface area (Å²) >= 11 is 0. The van der Waals surface area contributed by atoms with Crippen molar-refractivity contribution in [1.29, 1.82) is 0 Å². The molecule has 22 heavy (non-hydrogen) atoms. The second-order valence-electron chi connectivity index (χ2n) is 4.10. The minimum atomic E-state index is -0.187. The number of carbonyl (C=O) groups is 3. The first-order valence-corrected chi connectivity index (χ1v) is 5.96. The minimum Gasteiger partial charge on any atom is -0.876 e. The van der Waals surface area contributed by atoms with E-state index in [0.29, 0.717) is 0 Å². The first-order chi connectivity index (χ1) is 9.38. The molecule has 0 aromatic rings. The van der Waals surface area contributed by atoms with Crippen LogP contribution in [-0.4, -0.2) is 17.3 Å². The third kappa shape index (κ3) is 51.0. The zero-order chi connectivity index (χ0) is 17.6. The molecule has 0 atom stereocenters. The molecule has 0 bridgehead atoms. The van der Waals surface area contributed by atoms with E-state index in [1.807, 2.05) is 0 Å². The molecule has 6 nitrogen and oxygen atoms in total. The number of carbonyl (C=O) groups excluding carboxylic acids is 3. The monoisotopic (exact) mass is 436 g/mol. The van der Waals surface area contributed by atoms with Gasteiger partial charge >= 0.3 is 35.6 Å². The van der Waals surface area contributed by atoms with Gasteiger partial charge < -0.3 is 15.3 Å². The van der Waals surface area contributed by atoms with Crippen LogP contribution in [0.25, 0.3) is 0 Å². The van der Waals surface area contributed by atoms with Gasteiger partial charge in [0.2, 0.25) is 0 Å². The summed E-state index contributed by atoms with van der Waals surface area (Å²) in [7, 11) is 0. The van der Waals surface area contributed by atoms with Crippen molar-refractivity contribution in [2.75, 3.05) is 0 Å². The van der Waals surface area contributed by atoms with E-state index < -0.39 is 0 Å². The van der Waals surface area contributed by atoms with Crippen LogP contribution in [0.1, 0.15) is 41.5 Å². The molecule has 0 amide bonds. The molecule has 0 saturated heterocycles. The van der Waals surface area contributed by atoms with Crippen molar-refractivity contribution in [1.82, 2.24) is 0 Å². The first-order valence-electron chi connectivity index (χ1n) is 5.96. The predicted octanol–water partition coefficient (Wildman–Crippen LogP) is -0.481. The Kier molecular flexibility index (Phi) is 23.5. The van der Waals surface area contributed by atoms with Gasteiger partial charge in [0.25, 0.3) is 0 Å². The maximum Gasteiger partial charge on any atom is 3.00 e. The molecule has 0 aromatic carbocycles. The number of hydrogen-bond acceptors (Lipinski definition) is 6. The van der Waals surface area contributed by atoms with Crippen molar-refractivity contribution in [2.24, 2.45) is 0 Å². The molecule has 0 saturated carbocycles. The second-order valence-corrected chi connectivity index (χ2v) is 4.10. The van der Waals surface area contributed by atoms with Gasteiger partial charge in [0.15, 0.2) is 17.3 Å². The maximum atomic E-state index is 9.98. The summed E-state index contributed by atoms with van der Waals surface area (Å²) in [5.41, 5.74) is 0. The van der Waals surface area contributed by atoms with Crippen molar-refractivity contribution in [3.8, 4) is 0 Å². The summed E-state index contributed by atoms with van der Waals surface area (Å²) in [6.45, 7) is 8.09. The van der Waals surface area contributed by atoms with Crippen molar-refractivity contribution >= 4 is 17.3 Å². The van der Waals surface area contributed by atoms with Gasteiger partial charge in [-0.15, -0.1) is 17.3 Å². The summed E-state index contributed by atoms with van der Waals surface area (Å²) < 4.78 is 0. The van der Waals surface area contributed by atoms with Gasteiger partial charge in [-0.1, -0.05) is 20.8 Å². The Bertz CT molecular complexity index is 368. The molecule has 0 aliphatic carbocycles. The van der Waals surface area contributed by atoms with Crippen LogP contribution in [0.15, 0.2) is 35.5 Å². The third-order valence-electron chi connectivity index (χ3n) is 1.22. The van der Waals surface area contributed by atoms with Gasteiger partial charge in [-0.05, 0) is 39.0 Å². The number of allylic oxidation sites excluding steroid dienone is 6. The Labute approximate surface area is 159 Å². The van der Waals surface area contributed by atoms with E-state index >= 15 is 0 Å². The molecule has 0 aliphatic rings. The fourth-order valence-corrected chi connectivity index (χ4v) is 0.859. The van der Waals surface area contributed by atoms with Crippen molar-refractivity contribution in [2.45, 2.75) is 41.5 Å². The molecular formula is C15H21LaO6. The van der Waals surface area contributed by atoms with Crippen LogP contribution in [0, 0.1) is 35.6 Å². The zero-order valence-electron chi connectivity index (χ0n) is 13.8. The van der Waals surface area contributed by atoms with E-state index in [2.05, 4.69) is 0 Å². The molecular weight excluding hydrogens is 415 g/mol. The van der Waals surface area contributed by atoms with Crippen LogP contribution >= 0.6 is 0 Å². The fourth-order valence-electron chi connectivity index (χ4n) is 0.859. The number of ketones is 3. The average molecular weight is 436 g/mol. The molecule has 0 aliphatic heterocycles. The predicted molar refractivity (Wildman–Crippen MR) is 73.3 cm³/mol. The Morgan fingerprint density at radius 2 is 0.682 bits per heavy atom. The third-order valence-corrected chi connectivity index (χ3v) is 1.22. The molecule has 120 valence electrons. The van der Waals surface area contributed by atoms with E-state index in [4.69, 9.17) is 0 Å². The minimum absolute atomic E-state index is 0. The summed E-state index contributed by atoms with van der Waals surface area (Å²) in [6, 6.07) is 0. The summed E-state index contributed by atoms with van der Waals surface area (Å²) in [5.74, 6) is -1.12. The zero-order valence-corrected chi connectivity index (χ0v) is 17.4. The van der Waals surface area contributed by atoms with Gasteiger partial charge in [0.05, 0.1) is 0 Å². The van der Waals surface area contributed by atoms with E-state index in [1.165, 1.54) is 41.5 Å². The molecule has 0 aromatic heterocycles. The topological polar surface area (TPSA) is 120 Å². The van der Waals surface area contributed by atoms with Crippen LogP contribution in [0.4, 0.5) is 0 Å². The standard InChI is InChI=1S/3C5H8O2.La/c3*1-4(6)3-5(2)7;/h3*3,6H,1-2H3;/q;;;+3/p-3/b3*4-3+;. The Morgan fingerprint density at radius 3 is 0.682 bits per heavy atom. The average Bonchev–Trinajstić information content (AvgIpc) is 2.10. The molecule has 0 fully saturated rings. The molecule has 0 spiro atoms. The number of hydrogen-bond donors (Lipinski definition) is 0. The van der Waals surface area contributed by atoms with Crippen LogP contribution < -0.4 is 15.3 Å². The van der Waals surface area contributed by atoms with Crippen molar-refractivity contribution < 1.29 is 65.3 Å². The molecule has 0 heterocycles. The van der Waals surface area contributed by atoms with E-state index in [1.54, 1.807) is 0 Å². The normalized spacial score (nSPS) is 10.9. The van der Waals surface area contributed by atoms with Gasteiger partial charge in [0, 0.05) is 0 Å². The quantitative estimate of drug-likeness (QED) is 0.435. The fraction of sp³-hybridized carbons (Fsp3) is 0.400. The molecule has 0 radical (unpaired) electrons. The van der Waals surface area contributed by atoms with Gasteiger partial charge in [0.1, 0.15) is 0 Å². The van der Waals surface area contributed by atoms with E-state index in [-0.39, 0.29) is 70.2 Å². The Morgan fingerprint density at radius 1 is 0.545 bits per heavy atom. The SMILES string of the molecule is CC(=O)/C=C(\C)[O-].CC(=O)/C=C(\C)[O-].CC(=O)/C=C(\C)[O-].[La+3]. The Balaban J connectivity index is -0.000000108. The van der Waals surface area contributed by atoms with Crippen molar-refractivity contribution in [3.63, 3.8) is 0 Å². The van der Waals surface area contributed by atoms with E-state index in [9.17, 15) is 29.7 Å². The van der Waals surface area contributed by atoms with Gasteiger partial charge in [-0.25, -0.2) is 0 Å². The molecule has 0 rings (SSSR count). The van der Waals surface area contributed by atoms with Crippen LogP contribution in [-0.2, 0) is 14.4 Å². The van der Waals surface area contributed by atoms with Crippen LogP contribution in [0.2, 0.25) is 0 Å².